The summed E-state index contributed by atoms with van der Waals surface area (Å²) in [5, 5.41) is 9.04. The third-order valence-corrected chi connectivity index (χ3v) is 5.72. The molecule has 4 atom stereocenters. The number of rotatable bonds is 5. The molecule has 0 aromatic heterocycles. The minimum atomic E-state index is -0.623. The van der Waals surface area contributed by atoms with E-state index in [1.54, 1.807) is 0 Å². The van der Waals surface area contributed by atoms with Gasteiger partial charge in [-0.3, -0.25) is 9.69 Å². The van der Waals surface area contributed by atoms with E-state index in [1.165, 1.54) is 32.1 Å². The lowest BCUT2D eigenvalue weighted by Crippen LogP contribution is -2.52. The van der Waals surface area contributed by atoms with Crippen molar-refractivity contribution >= 4 is 5.97 Å². The van der Waals surface area contributed by atoms with Crippen LogP contribution < -0.4 is 0 Å². The van der Waals surface area contributed by atoms with Crippen LogP contribution >= 0.6 is 0 Å². The molecule has 120 valence electrons. The molecule has 3 aliphatic heterocycles. The van der Waals surface area contributed by atoms with Crippen LogP contribution in [-0.4, -0.2) is 46.8 Å². The third kappa shape index (κ3) is 3.42. The van der Waals surface area contributed by atoms with E-state index >= 15 is 0 Å². The monoisotopic (exact) mass is 295 g/mol. The highest BCUT2D eigenvalue weighted by atomic mass is 16.5. The van der Waals surface area contributed by atoms with Crippen molar-refractivity contribution in [3.05, 3.63) is 0 Å². The minimum absolute atomic E-state index is 0.368. The molecule has 0 aliphatic carbocycles. The van der Waals surface area contributed by atoms with Gasteiger partial charge in [0, 0.05) is 31.2 Å². The molecular formula is C17H29NO3. The maximum atomic E-state index is 11.0. The SMILES string of the molecule is CCCC1CC(N2C3CCC2CC(CC(=O)O)C3)CCO1. The molecule has 0 radical (unpaired) electrons. The summed E-state index contributed by atoms with van der Waals surface area (Å²) in [6.07, 6.45) is 10.3. The lowest BCUT2D eigenvalue weighted by molar-refractivity contribution is -0.138. The Bertz CT molecular complexity index is 357. The van der Waals surface area contributed by atoms with Gasteiger partial charge in [0.2, 0.25) is 0 Å². The first-order valence-corrected chi connectivity index (χ1v) is 8.78. The lowest BCUT2D eigenvalue weighted by atomic mass is 9.85. The number of hydrogen-bond donors (Lipinski definition) is 1. The maximum absolute atomic E-state index is 11.0. The van der Waals surface area contributed by atoms with E-state index in [1.807, 2.05) is 0 Å². The summed E-state index contributed by atoms with van der Waals surface area (Å²) in [5.41, 5.74) is 0. The van der Waals surface area contributed by atoms with Crippen molar-refractivity contribution in [2.75, 3.05) is 6.61 Å². The molecule has 3 heterocycles. The van der Waals surface area contributed by atoms with Gasteiger partial charge < -0.3 is 9.84 Å². The number of aliphatic carboxylic acids is 1. The largest absolute Gasteiger partial charge is 0.481 e. The molecular weight excluding hydrogens is 266 g/mol. The van der Waals surface area contributed by atoms with Gasteiger partial charge in [-0.15, -0.1) is 0 Å². The highest BCUT2D eigenvalue weighted by molar-refractivity contribution is 5.67. The molecule has 0 aromatic carbocycles. The van der Waals surface area contributed by atoms with E-state index < -0.39 is 5.97 Å². The summed E-state index contributed by atoms with van der Waals surface area (Å²) >= 11 is 0. The van der Waals surface area contributed by atoms with Crippen LogP contribution in [0.2, 0.25) is 0 Å². The number of ether oxygens (including phenoxy) is 1. The van der Waals surface area contributed by atoms with Crippen molar-refractivity contribution < 1.29 is 14.6 Å². The van der Waals surface area contributed by atoms with Crippen molar-refractivity contribution in [2.24, 2.45) is 5.92 Å². The van der Waals surface area contributed by atoms with Crippen LogP contribution in [0, 0.1) is 5.92 Å². The highest BCUT2D eigenvalue weighted by Gasteiger charge is 2.45. The molecule has 3 aliphatic rings. The Morgan fingerprint density at radius 2 is 1.81 bits per heavy atom. The molecule has 0 amide bonds. The second-order valence-electron chi connectivity index (χ2n) is 7.23. The van der Waals surface area contributed by atoms with E-state index in [9.17, 15) is 4.79 Å². The van der Waals surface area contributed by atoms with Gasteiger partial charge in [0.05, 0.1) is 6.10 Å². The Labute approximate surface area is 127 Å². The van der Waals surface area contributed by atoms with Gasteiger partial charge in [-0.1, -0.05) is 13.3 Å². The van der Waals surface area contributed by atoms with E-state index in [0.717, 1.165) is 25.9 Å². The van der Waals surface area contributed by atoms with Crippen LogP contribution in [0.25, 0.3) is 0 Å². The fourth-order valence-corrected chi connectivity index (χ4v) is 4.99. The van der Waals surface area contributed by atoms with Gasteiger partial charge in [0.1, 0.15) is 0 Å². The molecule has 2 bridgehead atoms. The van der Waals surface area contributed by atoms with Crippen LogP contribution in [-0.2, 0) is 9.53 Å². The van der Waals surface area contributed by atoms with Gasteiger partial charge in [0.25, 0.3) is 0 Å². The summed E-state index contributed by atoms with van der Waals surface area (Å²) in [5.74, 6) is -0.218. The second-order valence-corrected chi connectivity index (χ2v) is 7.23. The average Bonchev–Trinajstić information content (AvgIpc) is 2.71. The number of piperidine rings is 1. The lowest BCUT2D eigenvalue weighted by Gasteiger charge is -2.46. The first kappa shape index (κ1) is 15.3. The van der Waals surface area contributed by atoms with Crippen molar-refractivity contribution in [1.82, 2.24) is 4.90 Å². The quantitative estimate of drug-likeness (QED) is 0.847. The van der Waals surface area contributed by atoms with Crippen molar-refractivity contribution in [3.63, 3.8) is 0 Å². The van der Waals surface area contributed by atoms with Crippen LogP contribution in [0.5, 0.6) is 0 Å². The summed E-state index contributed by atoms with van der Waals surface area (Å²) in [6.45, 7) is 3.14. The van der Waals surface area contributed by atoms with Gasteiger partial charge in [-0.05, 0) is 50.9 Å². The first-order valence-electron chi connectivity index (χ1n) is 8.78. The number of carbonyl (C=O) groups is 1. The molecule has 3 saturated heterocycles. The zero-order valence-electron chi connectivity index (χ0n) is 13.2. The topological polar surface area (TPSA) is 49.8 Å². The average molecular weight is 295 g/mol. The Kier molecular flexibility index (Phi) is 4.85. The molecule has 21 heavy (non-hydrogen) atoms. The molecule has 4 unspecified atom stereocenters. The molecule has 4 heteroatoms. The fraction of sp³-hybridized carbons (Fsp3) is 0.941. The summed E-state index contributed by atoms with van der Waals surface area (Å²) in [7, 11) is 0. The van der Waals surface area contributed by atoms with E-state index in [2.05, 4.69) is 11.8 Å². The maximum Gasteiger partial charge on any atom is 0.303 e. The predicted octanol–water partition coefficient (Wildman–Crippen LogP) is 3.05. The molecule has 3 rings (SSSR count). The smallest absolute Gasteiger partial charge is 0.303 e. The van der Waals surface area contributed by atoms with E-state index in [0.29, 0.717) is 36.6 Å². The zero-order valence-corrected chi connectivity index (χ0v) is 13.2. The van der Waals surface area contributed by atoms with E-state index in [-0.39, 0.29) is 0 Å². The first-order chi connectivity index (χ1) is 10.2. The summed E-state index contributed by atoms with van der Waals surface area (Å²) < 4.78 is 5.90. The predicted molar refractivity (Wildman–Crippen MR) is 81.3 cm³/mol. The molecule has 4 nitrogen and oxygen atoms in total. The zero-order chi connectivity index (χ0) is 14.8. The van der Waals surface area contributed by atoms with Crippen LogP contribution in [0.4, 0.5) is 0 Å². The highest BCUT2D eigenvalue weighted by Crippen LogP contribution is 2.43. The Hall–Kier alpha value is -0.610. The molecule has 0 saturated carbocycles. The molecule has 1 N–H and O–H groups in total. The van der Waals surface area contributed by atoms with Gasteiger partial charge in [-0.25, -0.2) is 0 Å². The van der Waals surface area contributed by atoms with Gasteiger partial charge >= 0.3 is 5.97 Å². The van der Waals surface area contributed by atoms with Crippen LogP contribution in [0.1, 0.15) is 64.7 Å². The van der Waals surface area contributed by atoms with Crippen molar-refractivity contribution in [3.8, 4) is 0 Å². The normalized spacial score (nSPS) is 40.3. The number of hydrogen-bond acceptors (Lipinski definition) is 3. The Balaban J connectivity index is 1.61. The number of nitrogens with zero attached hydrogens (tertiary/aromatic N) is 1. The van der Waals surface area contributed by atoms with Crippen LogP contribution in [0.3, 0.4) is 0 Å². The van der Waals surface area contributed by atoms with Crippen LogP contribution in [0.15, 0.2) is 0 Å². The third-order valence-electron chi connectivity index (χ3n) is 5.72. The molecule has 3 fully saturated rings. The second kappa shape index (κ2) is 6.66. The summed E-state index contributed by atoms with van der Waals surface area (Å²) in [6, 6.07) is 1.95. The number of fused-ring (bicyclic) bond motifs is 2. The standard InChI is InChI=1S/C17H29NO3/c1-2-3-16-11-15(6-7-21-16)18-13-4-5-14(18)9-12(8-13)10-17(19)20/h12-16H,2-11H2,1H3,(H,19,20). The van der Waals surface area contributed by atoms with Crippen molar-refractivity contribution in [2.45, 2.75) is 88.9 Å². The van der Waals surface area contributed by atoms with Gasteiger partial charge in [-0.2, -0.15) is 0 Å². The summed E-state index contributed by atoms with van der Waals surface area (Å²) in [4.78, 5) is 13.7. The molecule has 0 spiro atoms. The molecule has 0 aromatic rings. The number of carboxylic acids is 1. The fourth-order valence-electron chi connectivity index (χ4n) is 4.99. The Morgan fingerprint density at radius 1 is 1.14 bits per heavy atom. The van der Waals surface area contributed by atoms with Gasteiger partial charge in [0.15, 0.2) is 0 Å². The Morgan fingerprint density at radius 3 is 2.43 bits per heavy atom. The minimum Gasteiger partial charge on any atom is -0.481 e. The number of carboxylic acid groups (broad SMARTS) is 1. The van der Waals surface area contributed by atoms with Crippen molar-refractivity contribution in [1.29, 1.82) is 0 Å². The van der Waals surface area contributed by atoms with E-state index in [4.69, 9.17) is 9.84 Å².